The zero-order valence-electron chi connectivity index (χ0n) is 20.4. The lowest BCUT2D eigenvalue weighted by Gasteiger charge is -2.39. The molecule has 0 radical (unpaired) electrons. The van der Waals surface area contributed by atoms with Crippen LogP contribution in [0, 0.1) is 5.92 Å². The van der Waals surface area contributed by atoms with Crippen molar-refractivity contribution in [3.63, 3.8) is 0 Å². The number of ether oxygens (including phenoxy) is 1. The SMILES string of the molecule is COC(=O)C[C@@H](C)c1ccc(N(CC(C)C)[C@H]2CC[C@H](O)CC2)c(Nc2nc(C(F)(F)F)ns2)c1. The Kier molecular flexibility index (Phi) is 8.98. The Bertz CT molecular complexity index is 991. The Morgan fingerprint density at radius 2 is 1.94 bits per heavy atom. The molecule has 1 aromatic heterocycles. The van der Waals surface area contributed by atoms with Gasteiger partial charge in [-0.1, -0.05) is 26.8 Å². The number of rotatable bonds is 9. The van der Waals surface area contributed by atoms with Crippen molar-refractivity contribution in [2.45, 2.75) is 77.1 Å². The summed E-state index contributed by atoms with van der Waals surface area (Å²) in [5.41, 5.74) is 2.31. The molecule has 2 aromatic rings. The zero-order valence-corrected chi connectivity index (χ0v) is 21.2. The van der Waals surface area contributed by atoms with Crippen LogP contribution in [0.3, 0.4) is 0 Å². The summed E-state index contributed by atoms with van der Waals surface area (Å²) >= 11 is 0.652. The number of aliphatic hydroxyl groups excluding tert-OH is 1. The number of benzene rings is 1. The molecule has 1 aliphatic carbocycles. The molecule has 1 heterocycles. The minimum Gasteiger partial charge on any atom is -0.469 e. The normalized spacial score (nSPS) is 19.5. The van der Waals surface area contributed by atoms with Gasteiger partial charge in [0, 0.05) is 24.1 Å². The van der Waals surface area contributed by atoms with Gasteiger partial charge in [-0.15, -0.1) is 0 Å². The Labute approximate surface area is 207 Å². The van der Waals surface area contributed by atoms with Gasteiger partial charge in [0.05, 0.1) is 31.0 Å². The molecule has 1 atom stereocenters. The highest BCUT2D eigenvalue weighted by atomic mass is 32.1. The van der Waals surface area contributed by atoms with Crippen LogP contribution in [0.25, 0.3) is 0 Å². The number of hydrogen-bond donors (Lipinski definition) is 2. The van der Waals surface area contributed by atoms with Gasteiger partial charge in [-0.05, 0) is 55.2 Å². The van der Waals surface area contributed by atoms with Gasteiger partial charge in [-0.25, -0.2) is 0 Å². The van der Waals surface area contributed by atoms with E-state index in [1.54, 1.807) is 0 Å². The number of aromatic nitrogens is 2. The molecule has 0 amide bonds. The highest BCUT2D eigenvalue weighted by molar-refractivity contribution is 7.09. The Morgan fingerprint density at radius 1 is 1.26 bits per heavy atom. The molecule has 7 nitrogen and oxygen atoms in total. The molecule has 35 heavy (non-hydrogen) atoms. The maximum absolute atomic E-state index is 13.1. The molecule has 0 saturated heterocycles. The summed E-state index contributed by atoms with van der Waals surface area (Å²) in [4.78, 5) is 17.7. The smallest absolute Gasteiger partial charge is 0.452 e. The Balaban J connectivity index is 2.00. The fourth-order valence-electron chi connectivity index (χ4n) is 4.37. The zero-order chi connectivity index (χ0) is 25.8. The van der Waals surface area contributed by atoms with E-state index in [2.05, 4.69) is 33.4 Å². The van der Waals surface area contributed by atoms with Gasteiger partial charge in [-0.3, -0.25) is 4.79 Å². The predicted molar refractivity (Wildman–Crippen MR) is 130 cm³/mol. The Hall–Kier alpha value is -2.40. The van der Waals surface area contributed by atoms with Crippen LogP contribution in [-0.2, 0) is 15.7 Å². The van der Waals surface area contributed by atoms with E-state index in [1.807, 2.05) is 25.1 Å². The third-order valence-electron chi connectivity index (χ3n) is 6.19. The lowest BCUT2D eigenvalue weighted by atomic mass is 9.90. The summed E-state index contributed by atoms with van der Waals surface area (Å²) in [7, 11) is 1.34. The summed E-state index contributed by atoms with van der Waals surface area (Å²) < 4.78 is 47.5. The number of anilines is 3. The maximum atomic E-state index is 13.1. The van der Waals surface area contributed by atoms with Crippen LogP contribution in [0.1, 0.15) is 70.2 Å². The number of hydrogen-bond acceptors (Lipinski definition) is 8. The molecule has 0 unspecified atom stereocenters. The average Bonchev–Trinajstić information content (AvgIpc) is 3.27. The lowest BCUT2D eigenvalue weighted by Crippen LogP contribution is -2.41. The summed E-state index contributed by atoms with van der Waals surface area (Å²) in [6.07, 6.45) is -1.67. The largest absolute Gasteiger partial charge is 0.469 e. The topological polar surface area (TPSA) is 87.6 Å². The van der Waals surface area contributed by atoms with E-state index in [-0.39, 0.29) is 35.6 Å². The van der Waals surface area contributed by atoms with Crippen molar-refractivity contribution >= 4 is 34.0 Å². The monoisotopic (exact) mass is 514 g/mol. The van der Waals surface area contributed by atoms with Crippen LogP contribution >= 0.6 is 11.5 Å². The van der Waals surface area contributed by atoms with Crippen molar-refractivity contribution in [1.29, 1.82) is 0 Å². The van der Waals surface area contributed by atoms with Crippen molar-refractivity contribution in [2.75, 3.05) is 23.9 Å². The fourth-order valence-corrected chi connectivity index (χ4v) is 4.97. The summed E-state index contributed by atoms with van der Waals surface area (Å²) in [6, 6.07) is 5.95. The van der Waals surface area contributed by atoms with Gasteiger partial charge in [0.2, 0.25) is 11.0 Å². The van der Waals surface area contributed by atoms with Gasteiger partial charge in [0.15, 0.2) is 0 Å². The first kappa shape index (κ1) is 27.2. The first-order valence-corrected chi connectivity index (χ1v) is 12.6. The molecule has 194 valence electrons. The van der Waals surface area contributed by atoms with Crippen molar-refractivity contribution in [2.24, 2.45) is 5.92 Å². The van der Waals surface area contributed by atoms with Crippen LogP contribution in [0.15, 0.2) is 18.2 Å². The van der Waals surface area contributed by atoms with Crippen LogP contribution < -0.4 is 10.2 Å². The third-order valence-corrected chi connectivity index (χ3v) is 6.82. The number of nitrogens with one attached hydrogen (secondary N) is 1. The molecule has 0 bridgehead atoms. The average molecular weight is 515 g/mol. The molecule has 0 spiro atoms. The highest BCUT2D eigenvalue weighted by Gasteiger charge is 2.36. The van der Waals surface area contributed by atoms with E-state index < -0.39 is 12.0 Å². The molecular weight excluding hydrogens is 481 g/mol. The summed E-state index contributed by atoms with van der Waals surface area (Å²) in [5, 5.41) is 13.1. The quantitative estimate of drug-likeness (QED) is 0.413. The van der Waals surface area contributed by atoms with Crippen molar-refractivity contribution in [3.05, 3.63) is 29.6 Å². The predicted octanol–water partition coefficient (Wildman–Crippen LogP) is 5.73. The fraction of sp³-hybridized carbons (Fsp3) is 0.625. The molecule has 2 N–H and O–H groups in total. The van der Waals surface area contributed by atoms with E-state index >= 15 is 0 Å². The summed E-state index contributed by atoms with van der Waals surface area (Å²) in [5.74, 6) is -1.33. The number of carbonyl (C=O) groups is 1. The molecule has 0 aliphatic heterocycles. The van der Waals surface area contributed by atoms with Gasteiger partial charge in [0.1, 0.15) is 0 Å². The molecular formula is C24H33F3N4O3S. The number of esters is 1. The van der Waals surface area contributed by atoms with Crippen molar-refractivity contribution in [3.8, 4) is 0 Å². The second-order valence-corrected chi connectivity index (χ2v) is 10.3. The summed E-state index contributed by atoms with van der Waals surface area (Å²) in [6.45, 7) is 6.88. The van der Waals surface area contributed by atoms with Crippen LogP contribution in [-0.4, -0.2) is 46.2 Å². The van der Waals surface area contributed by atoms with Crippen LogP contribution in [0.5, 0.6) is 0 Å². The maximum Gasteiger partial charge on any atom is 0.452 e. The molecule has 1 saturated carbocycles. The van der Waals surface area contributed by atoms with E-state index in [4.69, 9.17) is 4.74 Å². The molecule has 1 aromatic carbocycles. The standard InChI is InChI=1S/C24H33F3N4O3S/c1-14(2)13-31(17-6-8-18(32)9-7-17)20-10-5-16(15(3)11-21(33)34-4)12-19(20)28-23-29-22(30-35-23)24(25,26)27/h5,10,12,14-15,17-18,32H,6-9,11,13H2,1-4H3,(H,28,29,30)/t15-,17-,18-/m1/s1. The second kappa shape index (κ2) is 11.6. The minimum atomic E-state index is -4.62. The number of methoxy groups -OCH3 is 1. The van der Waals surface area contributed by atoms with Crippen molar-refractivity contribution in [1.82, 2.24) is 9.36 Å². The Morgan fingerprint density at radius 3 is 2.51 bits per heavy atom. The highest BCUT2D eigenvalue weighted by Crippen LogP contribution is 2.38. The lowest BCUT2D eigenvalue weighted by molar-refractivity contribution is -0.144. The van der Waals surface area contributed by atoms with Crippen LogP contribution in [0.4, 0.5) is 29.7 Å². The second-order valence-electron chi connectivity index (χ2n) is 9.51. The number of carbonyl (C=O) groups excluding carboxylic acids is 1. The number of aliphatic hydroxyl groups is 1. The molecule has 1 fully saturated rings. The van der Waals surface area contributed by atoms with Gasteiger partial charge in [-0.2, -0.15) is 22.5 Å². The molecule has 3 rings (SSSR count). The van der Waals surface area contributed by atoms with Crippen molar-refractivity contribution < 1.29 is 27.8 Å². The van der Waals surface area contributed by atoms with Gasteiger partial charge >= 0.3 is 12.1 Å². The number of nitrogens with zero attached hydrogens (tertiary/aromatic N) is 3. The molecule has 11 heteroatoms. The number of halogens is 3. The van der Waals surface area contributed by atoms with Crippen LogP contribution in [0.2, 0.25) is 0 Å². The van der Waals surface area contributed by atoms with E-state index in [9.17, 15) is 23.1 Å². The van der Waals surface area contributed by atoms with E-state index in [1.165, 1.54) is 7.11 Å². The van der Waals surface area contributed by atoms with E-state index in [0.29, 0.717) is 36.0 Å². The molecule has 1 aliphatic rings. The third kappa shape index (κ3) is 7.30. The van der Waals surface area contributed by atoms with Gasteiger partial charge < -0.3 is 20.1 Å². The minimum absolute atomic E-state index is 0.0416. The van der Waals surface area contributed by atoms with E-state index in [0.717, 1.165) is 30.6 Å². The number of alkyl halides is 3. The first-order chi connectivity index (χ1) is 16.5. The first-order valence-electron chi connectivity index (χ1n) is 11.8. The van der Waals surface area contributed by atoms with Gasteiger partial charge in [0.25, 0.3) is 0 Å².